The number of hydrogen-bond acceptors (Lipinski definition) is 7. The Morgan fingerprint density at radius 1 is 1.28 bits per heavy atom. The molecule has 1 aliphatic heterocycles. The summed E-state index contributed by atoms with van der Waals surface area (Å²) in [6.07, 6.45) is 5.62. The molecule has 0 unspecified atom stereocenters. The lowest BCUT2D eigenvalue weighted by Gasteiger charge is -2.22. The summed E-state index contributed by atoms with van der Waals surface area (Å²) < 4.78 is 11.6. The lowest BCUT2D eigenvalue weighted by atomic mass is 10.1. The molecule has 2 aromatic heterocycles. The van der Waals surface area contributed by atoms with Gasteiger partial charge in [0.2, 0.25) is 0 Å². The third-order valence-electron chi connectivity index (χ3n) is 4.34. The molecule has 8 heteroatoms. The summed E-state index contributed by atoms with van der Waals surface area (Å²) in [5.41, 5.74) is 2.53. The van der Waals surface area contributed by atoms with Gasteiger partial charge >= 0.3 is 0 Å². The van der Waals surface area contributed by atoms with Crippen molar-refractivity contribution in [3.05, 3.63) is 30.1 Å². The first-order valence-electron chi connectivity index (χ1n) is 8.72. The lowest BCUT2D eigenvalue weighted by molar-refractivity contribution is 0.311. The maximum absolute atomic E-state index is 5.80. The highest BCUT2D eigenvalue weighted by atomic mass is 16.5. The first kappa shape index (κ1) is 15.9. The van der Waals surface area contributed by atoms with Crippen molar-refractivity contribution in [3.63, 3.8) is 0 Å². The van der Waals surface area contributed by atoms with E-state index in [1.807, 2.05) is 18.2 Å². The van der Waals surface area contributed by atoms with E-state index in [-0.39, 0.29) is 0 Å². The number of aromatic nitrogens is 4. The molecule has 1 aromatic carbocycles. The van der Waals surface area contributed by atoms with Crippen LogP contribution in [-0.2, 0) is 6.42 Å². The smallest absolute Gasteiger partial charge is 0.295 e. The first-order valence-corrected chi connectivity index (χ1v) is 8.72. The van der Waals surface area contributed by atoms with Gasteiger partial charge in [0.25, 0.3) is 6.01 Å². The Balaban J connectivity index is 1.33. The van der Waals surface area contributed by atoms with Crippen molar-refractivity contribution in [2.24, 2.45) is 0 Å². The van der Waals surface area contributed by atoms with Crippen molar-refractivity contribution in [2.75, 3.05) is 25.0 Å². The molecule has 1 aliphatic rings. The predicted octanol–water partition coefficient (Wildman–Crippen LogP) is 2.12. The molecule has 1 saturated heterocycles. The van der Waals surface area contributed by atoms with Gasteiger partial charge in [-0.05, 0) is 50.9 Å². The Kier molecular flexibility index (Phi) is 4.78. The highest BCUT2D eigenvalue weighted by Crippen LogP contribution is 2.24. The van der Waals surface area contributed by atoms with Gasteiger partial charge in [-0.1, -0.05) is 0 Å². The van der Waals surface area contributed by atoms with Crippen LogP contribution in [0.2, 0.25) is 0 Å². The van der Waals surface area contributed by atoms with E-state index in [0.717, 1.165) is 61.3 Å². The number of rotatable bonds is 7. The summed E-state index contributed by atoms with van der Waals surface area (Å²) in [6, 6.07) is 6.75. The van der Waals surface area contributed by atoms with Gasteiger partial charge in [0.05, 0.1) is 18.5 Å². The molecule has 0 saturated carbocycles. The summed E-state index contributed by atoms with van der Waals surface area (Å²) in [5.74, 6) is 0.800. The Labute approximate surface area is 145 Å². The van der Waals surface area contributed by atoms with E-state index in [4.69, 9.17) is 9.15 Å². The number of hydrogen-bond donors (Lipinski definition) is 3. The monoisotopic (exact) mass is 342 g/mol. The summed E-state index contributed by atoms with van der Waals surface area (Å²) >= 11 is 0. The molecule has 0 bridgehead atoms. The number of aromatic amines is 1. The quantitative estimate of drug-likeness (QED) is 0.565. The normalized spacial score (nSPS) is 15.5. The van der Waals surface area contributed by atoms with Gasteiger partial charge in [-0.2, -0.15) is 20.4 Å². The van der Waals surface area contributed by atoms with E-state index in [9.17, 15) is 0 Å². The number of fused-ring (bicyclic) bond motifs is 1. The SMILES string of the molecule is c1cc2oc(NC3CCNCC3)nc2cc1OCCCc1cn[nH]n1. The minimum Gasteiger partial charge on any atom is -0.494 e. The van der Waals surface area contributed by atoms with E-state index in [1.165, 1.54) is 0 Å². The highest BCUT2D eigenvalue weighted by Gasteiger charge is 2.15. The van der Waals surface area contributed by atoms with Crippen molar-refractivity contribution in [2.45, 2.75) is 31.7 Å². The van der Waals surface area contributed by atoms with Gasteiger partial charge in [0, 0.05) is 12.1 Å². The second-order valence-corrected chi connectivity index (χ2v) is 6.23. The first-order chi connectivity index (χ1) is 12.4. The highest BCUT2D eigenvalue weighted by molar-refractivity contribution is 5.76. The minimum absolute atomic E-state index is 0.418. The fourth-order valence-electron chi connectivity index (χ4n) is 2.99. The Morgan fingerprint density at radius 2 is 2.20 bits per heavy atom. The van der Waals surface area contributed by atoms with Crippen LogP contribution in [0.5, 0.6) is 5.75 Å². The number of benzene rings is 1. The molecular formula is C17H22N6O2. The van der Waals surface area contributed by atoms with E-state index >= 15 is 0 Å². The summed E-state index contributed by atoms with van der Waals surface area (Å²) in [7, 11) is 0. The molecule has 3 N–H and O–H groups in total. The molecule has 8 nitrogen and oxygen atoms in total. The molecule has 0 amide bonds. The standard InChI is InChI=1S/C17H22N6O2/c1(2-13-11-19-23-22-13)9-24-14-3-4-16-15(10-14)21-17(25-16)20-12-5-7-18-8-6-12/h3-4,10-12,18H,1-2,5-9H2,(H,20,21)(H,19,22,23). The van der Waals surface area contributed by atoms with Crippen LogP contribution in [0.4, 0.5) is 6.01 Å². The Bertz CT molecular complexity index is 795. The lowest BCUT2D eigenvalue weighted by Crippen LogP contribution is -2.35. The molecule has 0 radical (unpaired) electrons. The average Bonchev–Trinajstić information content (AvgIpc) is 3.28. The van der Waals surface area contributed by atoms with Crippen molar-refractivity contribution < 1.29 is 9.15 Å². The number of aryl methyl sites for hydroxylation is 1. The largest absolute Gasteiger partial charge is 0.494 e. The van der Waals surface area contributed by atoms with Crippen molar-refractivity contribution in [3.8, 4) is 5.75 Å². The van der Waals surface area contributed by atoms with Crippen LogP contribution in [0.25, 0.3) is 11.1 Å². The van der Waals surface area contributed by atoms with Crippen LogP contribution in [0, 0.1) is 0 Å². The summed E-state index contributed by atoms with van der Waals surface area (Å²) in [6.45, 7) is 2.69. The summed E-state index contributed by atoms with van der Waals surface area (Å²) in [4.78, 5) is 4.54. The Hall–Kier alpha value is -2.61. The second-order valence-electron chi connectivity index (χ2n) is 6.23. The molecule has 0 spiro atoms. The van der Waals surface area contributed by atoms with E-state index in [0.29, 0.717) is 18.7 Å². The summed E-state index contributed by atoms with van der Waals surface area (Å²) in [5, 5.41) is 17.2. The fraction of sp³-hybridized carbons (Fsp3) is 0.471. The molecule has 25 heavy (non-hydrogen) atoms. The van der Waals surface area contributed by atoms with Crippen LogP contribution in [-0.4, -0.2) is 46.1 Å². The number of ether oxygens (including phenoxy) is 1. The van der Waals surface area contributed by atoms with Crippen molar-refractivity contribution in [1.82, 2.24) is 25.7 Å². The zero-order chi connectivity index (χ0) is 16.9. The van der Waals surface area contributed by atoms with Crippen LogP contribution in [0.3, 0.4) is 0 Å². The van der Waals surface area contributed by atoms with Crippen molar-refractivity contribution >= 4 is 17.1 Å². The topological polar surface area (TPSA) is 101 Å². The maximum atomic E-state index is 5.80. The van der Waals surface area contributed by atoms with Crippen LogP contribution in [0.1, 0.15) is 25.0 Å². The zero-order valence-corrected chi connectivity index (χ0v) is 14.0. The molecule has 0 atom stereocenters. The third-order valence-corrected chi connectivity index (χ3v) is 4.34. The number of nitrogens with one attached hydrogen (secondary N) is 3. The number of oxazole rings is 1. The van der Waals surface area contributed by atoms with Crippen LogP contribution < -0.4 is 15.4 Å². The van der Waals surface area contributed by atoms with E-state index in [1.54, 1.807) is 6.20 Å². The Morgan fingerprint density at radius 3 is 3.04 bits per heavy atom. The molecule has 4 rings (SSSR count). The van der Waals surface area contributed by atoms with Crippen molar-refractivity contribution in [1.29, 1.82) is 0 Å². The molecular weight excluding hydrogens is 320 g/mol. The molecule has 132 valence electrons. The number of anilines is 1. The average molecular weight is 342 g/mol. The van der Waals surface area contributed by atoms with Gasteiger partial charge < -0.3 is 19.8 Å². The molecule has 3 heterocycles. The van der Waals surface area contributed by atoms with Gasteiger partial charge in [-0.25, -0.2) is 0 Å². The van der Waals surface area contributed by atoms with Gasteiger partial charge in [0.1, 0.15) is 11.3 Å². The van der Waals surface area contributed by atoms with Crippen LogP contribution >= 0.6 is 0 Å². The number of H-pyrrole nitrogens is 1. The third kappa shape index (κ3) is 4.08. The van der Waals surface area contributed by atoms with Gasteiger partial charge in [0.15, 0.2) is 5.58 Å². The fourth-order valence-corrected chi connectivity index (χ4v) is 2.99. The van der Waals surface area contributed by atoms with Gasteiger partial charge in [-0.3, -0.25) is 0 Å². The van der Waals surface area contributed by atoms with Gasteiger partial charge in [-0.15, -0.1) is 0 Å². The molecule has 1 fully saturated rings. The number of nitrogens with zero attached hydrogens (tertiary/aromatic N) is 3. The molecule has 0 aliphatic carbocycles. The zero-order valence-electron chi connectivity index (χ0n) is 14.0. The second kappa shape index (κ2) is 7.52. The maximum Gasteiger partial charge on any atom is 0.295 e. The van der Waals surface area contributed by atoms with E-state index in [2.05, 4.69) is 31.0 Å². The van der Waals surface area contributed by atoms with E-state index < -0.39 is 0 Å². The van der Waals surface area contributed by atoms with Crippen LogP contribution in [0.15, 0.2) is 28.8 Å². The minimum atomic E-state index is 0.418. The number of piperidine rings is 1. The molecule has 3 aromatic rings. The predicted molar refractivity (Wildman–Crippen MR) is 93.7 cm³/mol.